The van der Waals surface area contributed by atoms with Crippen LogP contribution in [0.2, 0.25) is 0 Å². The van der Waals surface area contributed by atoms with Crippen LogP contribution in [0, 0.1) is 13.8 Å². The number of carbonyl (C=O) groups is 1. The maximum absolute atomic E-state index is 13.9. The van der Waals surface area contributed by atoms with E-state index in [1.165, 1.54) is 27.8 Å². The predicted octanol–water partition coefficient (Wildman–Crippen LogP) is 5.91. The Morgan fingerprint density at radius 2 is 1.82 bits per heavy atom. The van der Waals surface area contributed by atoms with Gasteiger partial charge in [0.2, 0.25) is 0 Å². The van der Waals surface area contributed by atoms with E-state index in [-0.39, 0.29) is 17.3 Å². The summed E-state index contributed by atoms with van der Waals surface area (Å²) in [6.07, 6.45) is 4.10. The number of amides is 1. The van der Waals surface area contributed by atoms with Crippen molar-refractivity contribution in [1.29, 1.82) is 0 Å². The molecule has 0 aliphatic carbocycles. The Balaban J connectivity index is 1.34. The molecule has 6 rings (SSSR count). The molecule has 0 saturated heterocycles. The number of pyridine rings is 1. The molecular formula is C30H26N4O3S2. The van der Waals surface area contributed by atoms with Crippen LogP contribution in [0.15, 0.2) is 90.1 Å². The Morgan fingerprint density at radius 3 is 2.59 bits per heavy atom. The Kier molecular flexibility index (Phi) is 6.40. The van der Waals surface area contributed by atoms with Crippen molar-refractivity contribution in [1.82, 2.24) is 9.97 Å². The van der Waals surface area contributed by atoms with Crippen molar-refractivity contribution >= 4 is 48.3 Å². The van der Waals surface area contributed by atoms with E-state index in [1.54, 1.807) is 29.4 Å². The molecule has 1 amide bonds. The molecule has 2 aromatic heterocycles. The lowest BCUT2D eigenvalue weighted by Gasteiger charge is -2.21. The number of hydrogen-bond donors (Lipinski definition) is 0. The highest BCUT2D eigenvalue weighted by molar-refractivity contribution is 7.92. The normalized spacial score (nSPS) is 13.0. The summed E-state index contributed by atoms with van der Waals surface area (Å²) in [6.45, 7) is 4.76. The first-order valence-corrected chi connectivity index (χ1v) is 14.9. The molecule has 0 bridgehead atoms. The lowest BCUT2D eigenvalue weighted by molar-refractivity contribution is 0.0985. The summed E-state index contributed by atoms with van der Waals surface area (Å²) in [6, 6.07) is 21.6. The van der Waals surface area contributed by atoms with Gasteiger partial charge in [0.05, 0.1) is 27.3 Å². The van der Waals surface area contributed by atoms with Crippen LogP contribution < -0.4 is 9.21 Å². The van der Waals surface area contributed by atoms with Gasteiger partial charge in [0, 0.05) is 24.5 Å². The van der Waals surface area contributed by atoms with Crippen LogP contribution in [0.1, 0.15) is 32.6 Å². The quantitative estimate of drug-likeness (QED) is 0.261. The van der Waals surface area contributed by atoms with Gasteiger partial charge in [-0.1, -0.05) is 41.7 Å². The number of rotatable bonds is 6. The highest BCUT2D eigenvalue weighted by atomic mass is 32.2. The summed E-state index contributed by atoms with van der Waals surface area (Å²) in [7, 11) is -3.75. The van der Waals surface area contributed by atoms with Gasteiger partial charge in [-0.3, -0.25) is 19.0 Å². The second-order valence-electron chi connectivity index (χ2n) is 9.66. The third-order valence-corrected chi connectivity index (χ3v) is 9.94. The van der Waals surface area contributed by atoms with Gasteiger partial charge in [0.1, 0.15) is 0 Å². The summed E-state index contributed by atoms with van der Waals surface area (Å²) in [5.74, 6) is -0.261. The molecule has 0 spiro atoms. The molecule has 196 valence electrons. The lowest BCUT2D eigenvalue weighted by atomic mass is 10.1. The molecule has 5 aromatic rings. The fourth-order valence-corrected chi connectivity index (χ4v) is 7.51. The molecule has 0 N–H and O–H groups in total. The minimum absolute atomic E-state index is 0.153. The van der Waals surface area contributed by atoms with Crippen LogP contribution in [-0.2, 0) is 23.0 Å². The van der Waals surface area contributed by atoms with Gasteiger partial charge < -0.3 is 0 Å². The van der Waals surface area contributed by atoms with E-state index in [9.17, 15) is 13.2 Å². The van der Waals surface area contributed by atoms with Crippen molar-refractivity contribution in [3.05, 3.63) is 113 Å². The number of benzene rings is 3. The van der Waals surface area contributed by atoms with Crippen molar-refractivity contribution in [2.75, 3.05) is 15.7 Å². The number of carbonyl (C=O) groups excluding carboxylic acids is 1. The molecule has 9 heteroatoms. The van der Waals surface area contributed by atoms with Crippen LogP contribution in [0.5, 0.6) is 0 Å². The van der Waals surface area contributed by atoms with Gasteiger partial charge >= 0.3 is 0 Å². The molecule has 0 unspecified atom stereocenters. The van der Waals surface area contributed by atoms with Gasteiger partial charge in [-0.05, 0) is 85.0 Å². The second-order valence-corrected chi connectivity index (χ2v) is 12.5. The van der Waals surface area contributed by atoms with Crippen molar-refractivity contribution < 1.29 is 13.2 Å². The third kappa shape index (κ3) is 4.68. The average Bonchev–Trinajstić information content (AvgIpc) is 3.57. The van der Waals surface area contributed by atoms with Crippen molar-refractivity contribution in [3.63, 3.8) is 0 Å². The number of aromatic nitrogens is 2. The maximum Gasteiger partial charge on any atom is 0.264 e. The minimum atomic E-state index is -3.75. The Morgan fingerprint density at radius 1 is 1.03 bits per heavy atom. The first kappa shape index (κ1) is 25.2. The standard InChI is InChI=1S/C30H26N4O3S2/c1-20-16-21(2)28-26(17-20)32-30(38-28)33(19-22-6-5-14-31-18-22)29(35)24-9-11-25(12-10-24)39(36,37)34-15-13-23-7-3-4-8-27(23)34/h3-12,14,16-18H,13,15,19H2,1-2H3. The molecule has 0 radical (unpaired) electrons. The average molecular weight is 555 g/mol. The van der Waals surface area contributed by atoms with E-state index in [4.69, 9.17) is 4.98 Å². The molecule has 0 fully saturated rings. The number of hydrogen-bond acceptors (Lipinski definition) is 6. The topological polar surface area (TPSA) is 83.5 Å². The number of fused-ring (bicyclic) bond motifs is 2. The van der Waals surface area contributed by atoms with Crippen molar-refractivity contribution in [3.8, 4) is 0 Å². The lowest BCUT2D eigenvalue weighted by Crippen LogP contribution is -2.31. The third-order valence-electron chi connectivity index (χ3n) is 6.88. The molecule has 3 heterocycles. The number of thiazole rings is 1. The van der Waals surface area contributed by atoms with Crippen LogP contribution in [0.3, 0.4) is 0 Å². The number of anilines is 2. The molecular weight excluding hydrogens is 528 g/mol. The van der Waals surface area contributed by atoms with Gasteiger partial charge in [-0.25, -0.2) is 13.4 Å². The van der Waals surface area contributed by atoms with Gasteiger partial charge in [-0.15, -0.1) is 0 Å². The van der Waals surface area contributed by atoms with E-state index in [1.807, 2.05) is 56.3 Å². The van der Waals surface area contributed by atoms with E-state index < -0.39 is 10.0 Å². The maximum atomic E-state index is 13.9. The summed E-state index contributed by atoms with van der Waals surface area (Å²) >= 11 is 1.47. The molecule has 39 heavy (non-hydrogen) atoms. The first-order valence-electron chi connectivity index (χ1n) is 12.6. The van der Waals surface area contributed by atoms with Gasteiger partial charge in [0.25, 0.3) is 15.9 Å². The minimum Gasteiger partial charge on any atom is -0.279 e. The van der Waals surface area contributed by atoms with Crippen LogP contribution in [-0.4, -0.2) is 30.8 Å². The SMILES string of the molecule is Cc1cc(C)c2sc(N(Cc3cccnc3)C(=O)c3ccc(S(=O)(=O)N4CCc5ccccc54)cc3)nc2c1. The highest BCUT2D eigenvalue weighted by Crippen LogP contribution is 2.35. The van der Waals surface area contributed by atoms with E-state index >= 15 is 0 Å². The molecule has 0 atom stereocenters. The summed E-state index contributed by atoms with van der Waals surface area (Å²) in [4.78, 5) is 24.7. The Hall–Kier alpha value is -4.08. The van der Waals surface area contributed by atoms with Crippen LogP contribution in [0.25, 0.3) is 10.2 Å². The van der Waals surface area contributed by atoms with Crippen LogP contribution in [0.4, 0.5) is 10.8 Å². The van der Waals surface area contributed by atoms with Crippen LogP contribution >= 0.6 is 11.3 Å². The first-order chi connectivity index (χ1) is 18.8. The van der Waals surface area contributed by atoms with E-state index in [0.717, 1.165) is 32.5 Å². The molecule has 1 aliphatic heterocycles. The van der Waals surface area contributed by atoms with Gasteiger partial charge in [-0.2, -0.15) is 0 Å². The highest BCUT2D eigenvalue weighted by Gasteiger charge is 2.31. The fraction of sp³-hybridized carbons (Fsp3) is 0.167. The summed E-state index contributed by atoms with van der Waals surface area (Å²) in [5.41, 5.74) is 6.04. The van der Waals surface area contributed by atoms with E-state index in [0.29, 0.717) is 29.3 Å². The number of sulfonamides is 1. The summed E-state index contributed by atoms with van der Waals surface area (Å²) in [5, 5.41) is 0.581. The zero-order chi connectivity index (χ0) is 27.1. The van der Waals surface area contributed by atoms with Crippen molar-refractivity contribution in [2.45, 2.75) is 31.7 Å². The molecule has 1 aliphatic rings. The summed E-state index contributed by atoms with van der Waals surface area (Å²) < 4.78 is 29.4. The number of nitrogens with zero attached hydrogens (tertiary/aromatic N) is 4. The Labute approximate surface area is 231 Å². The van der Waals surface area contributed by atoms with Crippen molar-refractivity contribution in [2.24, 2.45) is 0 Å². The second kappa shape index (κ2) is 9.91. The van der Waals surface area contributed by atoms with Gasteiger partial charge in [0.15, 0.2) is 5.13 Å². The van der Waals surface area contributed by atoms with E-state index in [2.05, 4.69) is 11.1 Å². The fourth-order valence-electron chi connectivity index (χ4n) is 4.99. The zero-order valence-electron chi connectivity index (χ0n) is 21.5. The smallest absolute Gasteiger partial charge is 0.264 e. The molecule has 3 aromatic carbocycles. The molecule has 7 nitrogen and oxygen atoms in total. The monoisotopic (exact) mass is 554 g/mol. The Bertz CT molecular complexity index is 1800. The number of aryl methyl sites for hydroxylation is 2. The zero-order valence-corrected chi connectivity index (χ0v) is 23.2. The number of para-hydroxylation sites is 1. The largest absolute Gasteiger partial charge is 0.279 e. The predicted molar refractivity (Wildman–Crippen MR) is 155 cm³/mol. The molecule has 0 saturated carbocycles.